The van der Waals surface area contributed by atoms with E-state index in [9.17, 15) is 10.1 Å². The van der Waals surface area contributed by atoms with E-state index < -0.39 is 5.91 Å². The van der Waals surface area contributed by atoms with Crippen LogP contribution >= 0.6 is 0 Å². The third kappa shape index (κ3) is 5.57. The first-order chi connectivity index (χ1) is 14.2. The first-order valence-electron chi connectivity index (χ1n) is 9.44. The van der Waals surface area contributed by atoms with Crippen LogP contribution in [0, 0.1) is 11.3 Å². The van der Waals surface area contributed by atoms with Gasteiger partial charge in [0.05, 0.1) is 6.04 Å². The van der Waals surface area contributed by atoms with Crippen LogP contribution in [0.2, 0.25) is 0 Å². The molecule has 144 valence electrons. The zero-order valence-electron chi connectivity index (χ0n) is 16.3. The molecule has 4 heteroatoms. The number of nitrogens with zero attached hydrogens (tertiary/aromatic N) is 2. The molecule has 0 saturated carbocycles. The number of rotatable bonds is 7. The summed E-state index contributed by atoms with van der Waals surface area (Å²) in [7, 11) is 1.85. The van der Waals surface area contributed by atoms with Gasteiger partial charge in [0.2, 0.25) is 0 Å². The molecule has 0 aromatic heterocycles. The minimum atomic E-state index is -0.398. The lowest BCUT2D eigenvalue weighted by atomic mass is 9.98. The van der Waals surface area contributed by atoms with E-state index in [1.165, 1.54) is 0 Å². The van der Waals surface area contributed by atoms with Gasteiger partial charge in [-0.1, -0.05) is 91.0 Å². The Labute approximate surface area is 171 Å². The molecule has 4 nitrogen and oxygen atoms in total. The van der Waals surface area contributed by atoms with Crippen molar-refractivity contribution in [3.05, 3.63) is 119 Å². The molecule has 3 aromatic carbocycles. The molecule has 0 unspecified atom stereocenters. The summed E-state index contributed by atoms with van der Waals surface area (Å²) >= 11 is 0. The highest BCUT2D eigenvalue weighted by molar-refractivity contribution is 5.97. The summed E-state index contributed by atoms with van der Waals surface area (Å²) in [6.07, 6.45) is 1.59. The van der Waals surface area contributed by atoms with Crippen LogP contribution in [0.5, 0.6) is 0 Å². The van der Waals surface area contributed by atoms with Crippen molar-refractivity contribution in [1.29, 1.82) is 5.26 Å². The molecule has 3 aromatic rings. The van der Waals surface area contributed by atoms with E-state index in [1.54, 1.807) is 6.20 Å². The van der Waals surface area contributed by atoms with Gasteiger partial charge in [0, 0.05) is 19.8 Å². The Morgan fingerprint density at radius 1 is 0.931 bits per heavy atom. The van der Waals surface area contributed by atoms with Crippen molar-refractivity contribution in [2.24, 2.45) is 0 Å². The Morgan fingerprint density at radius 2 is 1.41 bits per heavy atom. The van der Waals surface area contributed by atoms with Gasteiger partial charge in [-0.15, -0.1) is 0 Å². The zero-order valence-corrected chi connectivity index (χ0v) is 16.3. The molecule has 0 saturated heterocycles. The quantitative estimate of drug-likeness (QED) is 0.486. The normalized spacial score (nSPS) is 11.0. The van der Waals surface area contributed by atoms with Crippen LogP contribution in [-0.4, -0.2) is 17.9 Å². The number of hydrogen-bond donors (Lipinski definition) is 1. The van der Waals surface area contributed by atoms with E-state index in [0.717, 1.165) is 16.7 Å². The van der Waals surface area contributed by atoms with Crippen LogP contribution in [0.4, 0.5) is 0 Å². The number of amides is 1. The highest BCUT2D eigenvalue weighted by Crippen LogP contribution is 2.22. The summed E-state index contributed by atoms with van der Waals surface area (Å²) in [4.78, 5) is 14.7. The molecule has 1 N–H and O–H groups in total. The number of carbonyl (C=O) groups is 1. The van der Waals surface area contributed by atoms with E-state index >= 15 is 0 Å². The van der Waals surface area contributed by atoms with Gasteiger partial charge < -0.3 is 10.2 Å². The monoisotopic (exact) mass is 381 g/mol. The summed E-state index contributed by atoms with van der Waals surface area (Å²) in [5, 5.41) is 12.6. The smallest absolute Gasteiger partial charge is 0.264 e. The van der Waals surface area contributed by atoms with Crippen molar-refractivity contribution >= 4 is 5.91 Å². The lowest BCUT2D eigenvalue weighted by Gasteiger charge is -2.20. The van der Waals surface area contributed by atoms with Crippen LogP contribution in [0.15, 0.2) is 103 Å². The van der Waals surface area contributed by atoms with Gasteiger partial charge in [-0.25, -0.2) is 0 Å². The van der Waals surface area contributed by atoms with Crippen LogP contribution < -0.4 is 5.32 Å². The predicted molar refractivity (Wildman–Crippen MR) is 114 cm³/mol. The SMILES string of the molecule is CN(/C=C(/C#N)C(=O)NC(c1ccccc1)c1ccccc1)Cc1ccccc1. The lowest BCUT2D eigenvalue weighted by molar-refractivity contribution is -0.117. The third-order valence-electron chi connectivity index (χ3n) is 4.53. The van der Waals surface area contributed by atoms with Crippen molar-refractivity contribution in [3.8, 4) is 6.07 Å². The van der Waals surface area contributed by atoms with Crippen molar-refractivity contribution in [1.82, 2.24) is 10.2 Å². The number of nitrogens with one attached hydrogen (secondary N) is 1. The summed E-state index contributed by atoms with van der Waals surface area (Å²) < 4.78 is 0. The maximum absolute atomic E-state index is 12.9. The van der Waals surface area contributed by atoms with Crippen LogP contribution in [0.1, 0.15) is 22.7 Å². The van der Waals surface area contributed by atoms with E-state index in [4.69, 9.17) is 0 Å². The topological polar surface area (TPSA) is 56.1 Å². The summed E-state index contributed by atoms with van der Waals surface area (Å²) in [6.45, 7) is 0.611. The highest BCUT2D eigenvalue weighted by atomic mass is 16.1. The van der Waals surface area contributed by atoms with E-state index in [2.05, 4.69) is 5.32 Å². The summed E-state index contributed by atoms with van der Waals surface area (Å²) in [6, 6.07) is 31.1. The third-order valence-corrected chi connectivity index (χ3v) is 4.53. The summed E-state index contributed by atoms with van der Waals surface area (Å²) in [5.41, 5.74) is 3.10. The molecule has 0 fully saturated rings. The number of benzene rings is 3. The van der Waals surface area contributed by atoms with Gasteiger partial charge in [0.25, 0.3) is 5.91 Å². The van der Waals surface area contributed by atoms with Gasteiger partial charge in [-0.05, 0) is 16.7 Å². The average Bonchev–Trinajstić information content (AvgIpc) is 2.77. The second-order valence-electron chi connectivity index (χ2n) is 6.78. The molecule has 3 rings (SSSR count). The molecule has 0 aliphatic carbocycles. The minimum Gasteiger partial charge on any atom is -0.375 e. The van der Waals surface area contributed by atoms with E-state index in [1.807, 2.05) is 109 Å². The molecule has 29 heavy (non-hydrogen) atoms. The Hall–Kier alpha value is -3.84. The second-order valence-corrected chi connectivity index (χ2v) is 6.78. The first-order valence-corrected chi connectivity index (χ1v) is 9.44. The van der Waals surface area contributed by atoms with Crippen molar-refractivity contribution in [2.45, 2.75) is 12.6 Å². The molecule has 0 bridgehead atoms. The Bertz CT molecular complexity index is 953. The highest BCUT2D eigenvalue weighted by Gasteiger charge is 2.19. The fourth-order valence-electron chi connectivity index (χ4n) is 3.13. The molecule has 0 aliphatic heterocycles. The van der Waals surface area contributed by atoms with Gasteiger partial charge in [-0.2, -0.15) is 5.26 Å². The van der Waals surface area contributed by atoms with E-state index in [-0.39, 0.29) is 11.6 Å². The van der Waals surface area contributed by atoms with Crippen LogP contribution in [-0.2, 0) is 11.3 Å². The van der Waals surface area contributed by atoms with Gasteiger partial charge in [-0.3, -0.25) is 4.79 Å². The molecule has 0 heterocycles. The fraction of sp³-hybridized carbons (Fsp3) is 0.120. The maximum atomic E-state index is 12.9. The lowest BCUT2D eigenvalue weighted by Crippen LogP contribution is -2.31. The molecule has 0 atom stereocenters. The van der Waals surface area contributed by atoms with Gasteiger partial charge in [0.1, 0.15) is 11.6 Å². The van der Waals surface area contributed by atoms with Gasteiger partial charge in [0.15, 0.2) is 0 Å². The molecule has 0 spiro atoms. The van der Waals surface area contributed by atoms with Crippen molar-refractivity contribution in [3.63, 3.8) is 0 Å². The average molecular weight is 381 g/mol. The molecular weight excluding hydrogens is 358 g/mol. The van der Waals surface area contributed by atoms with E-state index in [0.29, 0.717) is 6.54 Å². The first kappa shape index (κ1) is 19.9. The van der Waals surface area contributed by atoms with Crippen molar-refractivity contribution in [2.75, 3.05) is 7.05 Å². The maximum Gasteiger partial charge on any atom is 0.264 e. The Kier molecular flexibility index (Phi) is 6.80. The fourth-order valence-corrected chi connectivity index (χ4v) is 3.13. The summed E-state index contributed by atoms with van der Waals surface area (Å²) in [5.74, 6) is -0.398. The zero-order chi connectivity index (χ0) is 20.5. The van der Waals surface area contributed by atoms with Gasteiger partial charge >= 0.3 is 0 Å². The predicted octanol–water partition coefficient (Wildman–Crippen LogP) is 4.43. The second kappa shape index (κ2) is 9.91. The van der Waals surface area contributed by atoms with Crippen LogP contribution in [0.3, 0.4) is 0 Å². The van der Waals surface area contributed by atoms with Crippen LogP contribution in [0.25, 0.3) is 0 Å². The number of carbonyl (C=O) groups excluding carboxylic acids is 1. The molecule has 0 aliphatic rings. The Balaban J connectivity index is 1.79. The molecule has 1 amide bonds. The minimum absolute atomic E-state index is 0.0697. The molecule has 0 radical (unpaired) electrons. The molecular formula is C25H23N3O. The number of hydrogen-bond acceptors (Lipinski definition) is 3. The Morgan fingerprint density at radius 3 is 1.90 bits per heavy atom. The number of nitriles is 1. The van der Waals surface area contributed by atoms with Crippen molar-refractivity contribution < 1.29 is 4.79 Å². The largest absolute Gasteiger partial charge is 0.375 e. The standard InChI is InChI=1S/C25H23N3O/c1-28(18-20-11-5-2-6-12-20)19-23(17-26)25(29)27-24(21-13-7-3-8-14-21)22-15-9-4-10-16-22/h2-16,19,24H,18H2,1H3,(H,27,29)/b23-19-.